The van der Waals surface area contributed by atoms with E-state index < -0.39 is 53.6 Å². The van der Waals surface area contributed by atoms with Gasteiger partial charge >= 0.3 is 201 Å². The second-order valence-electron chi connectivity index (χ2n) is 8.33. The number of methoxy groups -OCH3 is 1. The van der Waals surface area contributed by atoms with Crippen molar-refractivity contribution < 1.29 is 48.1 Å². The molecule has 0 N–H and O–H groups in total. The number of carbonyl (C=O) groups is 3. The molecule has 0 atom stereocenters. The van der Waals surface area contributed by atoms with Gasteiger partial charge in [-0.3, -0.25) is 9.59 Å². The van der Waals surface area contributed by atoms with E-state index in [4.69, 9.17) is 12.1 Å². The van der Waals surface area contributed by atoms with Crippen molar-refractivity contribution in [3.05, 3.63) is 96.6 Å². The molecule has 40 heavy (non-hydrogen) atoms. The molecule has 212 valence electrons. The Morgan fingerprint density at radius 3 is 1.80 bits per heavy atom. The molecular formula is C26H21F3INO8S. The average molecular weight is 691 g/mol. The van der Waals surface area contributed by atoms with E-state index in [0.717, 1.165) is 11.1 Å². The first-order valence-electron chi connectivity index (χ1n) is 11.5. The van der Waals surface area contributed by atoms with E-state index in [-0.39, 0.29) is 18.4 Å². The maximum atomic E-state index is 13.1. The number of nitrogens with zero attached hydrogens (tertiary/aromatic N) is 1. The third-order valence-corrected chi connectivity index (χ3v) is 12.6. The van der Waals surface area contributed by atoms with Gasteiger partial charge < -0.3 is 0 Å². The number of imide groups is 1. The minimum absolute atomic E-state index is 0.0161. The first kappa shape index (κ1) is 29.5. The Balaban J connectivity index is 1.49. The number of halogens is 4. The van der Waals surface area contributed by atoms with Crippen LogP contribution in [0.1, 0.15) is 34.3 Å². The first-order valence-corrected chi connectivity index (χ1v) is 15.9. The predicted octanol–water partition coefficient (Wildman–Crippen LogP) is 4.83. The Hall–Kier alpha value is -3.50. The summed E-state index contributed by atoms with van der Waals surface area (Å²) in [6, 6.07) is 18.6. The molecule has 0 bridgehead atoms. The Morgan fingerprint density at radius 1 is 0.850 bits per heavy atom. The van der Waals surface area contributed by atoms with Gasteiger partial charge in [0, 0.05) is 12.8 Å². The Bertz CT molecular complexity index is 1490. The molecule has 0 aliphatic carbocycles. The van der Waals surface area contributed by atoms with Crippen molar-refractivity contribution in [2.75, 3.05) is 7.11 Å². The van der Waals surface area contributed by atoms with Crippen LogP contribution in [0.25, 0.3) is 0 Å². The van der Waals surface area contributed by atoms with Gasteiger partial charge in [-0.2, -0.15) is 0 Å². The molecule has 1 fully saturated rings. The molecule has 0 radical (unpaired) electrons. The first-order chi connectivity index (χ1) is 18.9. The number of amides is 2. The summed E-state index contributed by atoms with van der Waals surface area (Å²) in [6.45, 7) is 0. The fourth-order valence-corrected chi connectivity index (χ4v) is 9.91. The summed E-state index contributed by atoms with van der Waals surface area (Å²) >= 11 is -3.54. The van der Waals surface area contributed by atoms with E-state index >= 15 is 0 Å². The number of alkyl halides is 3. The zero-order valence-electron chi connectivity index (χ0n) is 20.7. The van der Waals surface area contributed by atoms with Gasteiger partial charge in [0.15, 0.2) is 0 Å². The van der Waals surface area contributed by atoms with Crippen LogP contribution in [0.4, 0.5) is 13.2 Å². The van der Waals surface area contributed by atoms with Crippen LogP contribution in [0.2, 0.25) is 0 Å². The van der Waals surface area contributed by atoms with Crippen molar-refractivity contribution in [2.45, 2.75) is 24.8 Å². The monoisotopic (exact) mass is 691 g/mol. The summed E-state index contributed by atoms with van der Waals surface area (Å²) < 4.78 is 73.5. The molecular weight excluding hydrogens is 670 g/mol. The second kappa shape index (κ2) is 11.9. The van der Waals surface area contributed by atoms with E-state index in [1.54, 1.807) is 24.3 Å². The van der Waals surface area contributed by atoms with Crippen LogP contribution in [-0.2, 0) is 33.5 Å². The van der Waals surface area contributed by atoms with Gasteiger partial charge in [-0.05, 0) is 0 Å². The SMILES string of the molecule is COc1ccc(I(OS(=O)(=O)C(F)(F)F)c2ccc(Cc3ccc(C(=O)ON4C(=O)CCC4=O)cc3)cc2)cc1. The predicted molar refractivity (Wildman–Crippen MR) is 143 cm³/mol. The molecule has 0 saturated carbocycles. The molecule has 0 aromatic heterocycles. The number of hydroxylamine groups is 2. The number of benzene rings is 3. The second-order valence-corrected chi connectivity index (χ2v) is 14.8. The molecule has 4 rings (SSSR count). The summed E-state index contributed by atoms with van der Waals surface area (Å²) in [5.74, 6) is -1.58. The van der Waals surface area contributed by atoms with Crippen molar-refractivity contribution in [2.24, 2.45) is 0 Å². The van der Waals surface area contributed by atoms with Crippen molar-refractivity contribution >= 4 is 48.1 Å². The van der Waals surface area contributed by atoms with Crippen LogP contribution in [0.5, 0.6) is 5.75 Å². The minimum atomic E-state index is -5.83. The summed E-state index contributed by atoms with van der Waals surface area (Å²) in [5.41, 5.74) is -3.90. The number of rotatable bonds is 9. The van der Waals surface area contributed by atoms with Gasteiger partial charge in [-0.25, -0.2) is 0 Å². The van der Waals surface area contributed by atoms with Gasteiger partial charge in [0.2, 0.25) is 0 Å². The van der Waals surface area contributed by atoms with Crippen molar-refractivity contribution in [3.8, 4) is 5.75 Å². The Labute approximate surface area is 234 Å². The van der Waals surface area contributed by atoms with E-state index in [0.29, 0.717) is 24.4 Å². The van der Waals surface area contributed by atoms with E-state index in [1.807, 2.05) is 0 Å². The normalized spacial score (nSPS) is 14.3. The molecule has 1 aliphatic heterocycles. The fraction of sp³-hybridized carbons (Fsp3) is 0.192. The molecule has 3 aromatic rings. The zero-order chi connectivity index (χ0) is 29.1. The maximum absolute atomic E-state index is 13.1. The van der Waals surface area contributed by atoms with Gasteiger partial charge in [0.05, 0.1) is 0 Å². The van der Waals surface area contributed by atoms with Crippen LogP contribution in [0.15, 0.2) is 72.8 Å². The van der Waals surface area contributed by atoms with Gasteiger partial charge in [-0.15, -0.1) is 0 Å². The standard InChI is InChI=1S/C26H21F3INO8S/c1-37-22-12-10-21(11-13-22)30(39-40(35,36)26(27,28)29)20-8-4-18(5-9-20)16-17-2-6-19(7-3-17)25(34)38-31-23(32)14-15-24(31)33/h2-13H,14-16H2,1H3. The quantitative estimate of drug-likeness (QED) is 0.178. The molecule has 1 saturated heterocycles. The van der Waals surface area contributed by atoms with Crippen LogP contribution in [-0.4, -0.2) is 43.9 Å². The molecule has 1 heterocycles. The molecule has 3 aromatic carbocycles. The van der Waals surface area contributed by atoms with Gasteiger partial charge in [0.25, 0.3) is 11.8 Å². The van der Waals surface area contributed by atoms with E-state index in [1.165, 1.54) is 55.6 Å². The number of ether oxygens (including phenoxy) is 1. The van der Waals surface area contributed by atoms with Crippen LogP contribution in [0.3, 0.4) is 0 Å². The molecule has 1 aliphatic rings. The average Bonchev–Trinajstić information content (AvgIpc) is 3.24. The third kappa shape index (κ3) is 6.79. The summed E-state index contributed by atoms with van der Waals surface area (Å²) in [5, 5.41) is 0.463. The van der Waals surface area contributed by atoms with Crippen LogP contribution in [0, 0.1) is 7.14 Å². The summed E-state index contributed by atoms with van der Waals surface area (Å²) in [6.07, 6.45) is 0.354. The topological polar surface area (TPSA) is 116 Å². The molecule has 0 spiro atoms. The Kier molecular flexibility index (Phi) is 8.80. The zero-order valence-corrected chi connectivity index (χ0v) is 23.7. The molecule has 2 amide bonds. The van der Waals surface area contributed by atoms with Crippen LogP contribution >= 0.6 is 20.2 Å². The van der Waals surface area contributed by atoms with Crippen molar-refractivity contribution in [1.82, 2.24) is 5.06 Å². The van der Waals surface area contributed by atoms with Gasteiger partial charge in [-0.1, -0.05) is 0 Å². The molecule has 14 heteroatoms. The van der Waals surface area contributed by atoms with E-state index in [2.05, 4.69) is 0 Å². The molecule has 9 nitrogen and oxygen atoms in total. The van der Waals surface area contributed by atoms with E-state index in [9.17, 15) is 36.0 Å². The summed E-state index contributed by atoms with van der Waals surface area (Å²) in [4.78, 5) is 40.4. The Morgan fingerprint density at radius 2 is 1.32 bits per heavy atom. The number of carbonyl (C=O) groups excluding carboxylic acids is 3. The van der Waals surface area contributed by atoms with Gasteiger partial charge in [0.1, 0.15) is 0 Å². The fourth-order valence-electron chi connectivity index (χ4n) is 3.51. The number of hydrogen-bond donors (Lipinski definition) is 0. The van der Waals surface area contributed by atoms with Crippen molar-refractivity contribution in [3.63, 3.8) is 0 Å². The van der Waals surface area contributed by atoms with Crippen molar-refractivity contribution in [1.29, 1.82) is 0 Å². The summed E-state index contributed by atoms with van der Waals surface area (Å²) in [7, 11) is -4.41. The van der Waals surface area contributed by atoms with Crippen LogP contribution < -0.4 is 4.74 Å². The third-order valence-electron chi connectivity index (χ3n) is 5.57. The number of hydrogen-bond acceptors (Lipinski definition) is 8. The molecule has 0 unspecified atom stereocenters.